The van der Waals surface area contributed by atoms with E-state index in [1.165, 1.54) is 23.1 Å². The first-order valence-corrected chi connectivity index (χ1v) is 18.2. The number of sulfonamides is 1. The van der Waals surface area contributed by atoms with Gasteiger partial charge in [0.25, 0.3) is 10.0 Å². The zero-order valence-electron chi connectivity index (χ0n) is 28.9. The van der Waals surface area contributed by atoms with Crippen LogP contribution in [0.4, 0.5) is 10.1 Å². The second kappa shape index (κ2) is 17.0. The first-order valence-electron chi connectivity index (χ1n) is 16.8. The maximum atomic E-state index is 15.2. The van der Waals surface area contributed by atoms with Gasteiger partial charge in [-0.2, -0.15) is 0 Å². The fraction of sp³-hybridized carbons (Fsp3) is 0.220. The fourth-order valence-electron chi connectivity index (χ4n) is 5.46. The van der Waals surface area contributed by atoms with Crippen LogP contribution in [0, 0.1) is 18.7 Å². The van der Waals surface area contributed by atoms with Gasteiger partial charge >= 0.3 is 0 Å². The number of rotatable bonds is 15. The Morgan fingerprint density at radius 2 is 1.35 bits per heavy atom. The third kappa shape index (κ3) is 9.82. The van der Waals surface area contributed by atoms with E-state index in [-0.39, 0.29) is 35.0 Å². The minimum Gasteiger partial charge on any atom is -0.457 e. The number of hydrogen-bond donors (Lipinski definition) is 1. The number of aryl methyl sites for hydroxylation is 1. The van der Waals surface area contributed by atoms with Crippen molar-refractivity contribution in [3.63, 3.8) is 0 Å². The molecule has 5 rings (SSSR count). The Morgan fingerprint density at radius 3 is 1.98 bits per heavy atom. The van der Waals surface area contributed by atoms with Gasteiger partial charge in [0.1, 0.15) is 29.9 Å². The van der Waals surface area contributed by atoms with Crippen molar-refractivity contribution in [1.29, 1.82) is 0 Å². The summed E-state index contributed by atoms with van der Waals surface area (Å²) in [7, 11) is -4.31. The van der Waals surface area contributed by atoms with Crippen molar-refractivity contribution in [3.05, 3.63) is 156 Å². The van der Waals surface area contributed by atoms with Crippen molar-refractivity contribution in [2.75, 3.05) is 17.4 Å². The van der Waals surface area contributed by atoms with Gasteiger partial charge in [0.15, 0.2) is 0 Å². The van der Waals surface area contributed by atoms with Crippen molar-refractivity contribution >= 4 is 27.5 Å². The van der Waals surface area contributed by atoms with Crippen molar-refractivity contribution < 1.29 is 27.1 Å². The average Bonchev–Trinajstić information content (AvgIpc) is 3.13. The third-order valence-electron chi connectivity index (χ3n) is 8.25. The Morgan fingerprint density at radius 1 is 0.765 bits per heavy atom. The van der Waals surface area contributed by atoms with Crippen LogP contribution < -0.4 is 14.4 Å². The molecule has 2 amide bonds. The molecule has 51 heavy (non-hydrogen) atoms. The van der Waals surface area contributed by atoms with E-state index >= 15 is 4.39 Å². The number of para-hydroxylation sites is 1. The Bertz CT molecular complexity index is 2010. The van der Waals surface area contributed by atoms with Gasteiger partial charge < -0.3 is 15.0 Å². The molecular weight excluding hydrogens is 666 g/mol. The van der Waals surface area contributed by atoms with Crippen LogP contribution in [0.25, 0.3) is 0 Å². The molecule has 0 unspecified atom stereocenters. The largest absolute Gasteiger partial charge is 0.457 e. The molecule has 1 atom stereocenters. The molecule has 10 heteroatoms. The number of ether oxygens (including phenoxy) is 1. The number of nitrogens with one attached hydrogen (secondary N) is 1. The van der Waals surface area contributed by atoms with Crippen molar-refractivity contribution in [2.24, 2.45) is 5.92 Å². The van der Waals surface area contributed by atoms with E-state index < -0.39 is 40.2 Å². The van der Waals surface area contributed by atoms with Gasteiger partial charge in [0.05, 0.1) is 10.6 Å². The number of hydrogen-bond acceptors (Lipinski definition) is 5. The SMILES string of the molecule is Cc1ccc(S(=O)(=O)N(CC(=O)N(Cc2ccccc2F)[C@H](Cc2ccccc2)C(=O)NCC(C)C)c2ccc(Oc3ccccc3)cc2)cc1. The summed E-state index contributed by atoms with van der Waals surface area (Å²) in [4.78, 5) is 29.8. The second-order valence-corrected chi connectivity index (χ2v) is 14.6. The van der Waals surface area contributed by atoms with E-state index in [2.05, 4.69) is 5.32 Å². The molecule has 1 N–H and O–H groups in total. The Hall–Kier alpha value is -5.48. The number of carbonyl (C=O) groups is 2. The molecule has 0 bridgehead atoms. The van der Waals surface area contributed by atoms with Gasteiger partial charge in [-0.3, -0.25) is 13.9 Å². The predicted molar refractivity (Wildman–Crippen MR) is 197 cm³/mol. The van der Waals surface area contributed by atoms with E-state index in [0.29, 0.717) is 18.0 Å². The minimum absolute atomic E-state index is 0.0123. The summed E-state index contributed by atoms with van der Waals surface area (Å²) in [5.41, 5.74) is 2.05. The van der Waals surface area contributed by atoms with E-state index in [9.17, 15) is 18.0 Å². The van der Waals surface area contributed by atoms with Crippen LogP contribution in [0.2, 0.25) is 0 Å². The molecular formula is C41H42FN3O5S. The molecule has 0 radical (unpaired) electrons. The van der Waals surface area contributed by atoms with Crippen LogP contribution in [0.5, 0.6) is 11.5 Å². The maximum absolute atomic E-state index is 15.2. The monoisotopic (exact) mass is 707 g/mol. The molecule has 5 aromatic carbocycles. The lowest BCUT2D eigenvalue weighted by Gasteiger charge is -2.34. The smallest absolute Gasteiger partial charge is 0.264 e. The summed E-state index contributed by atoms with van der Waals surface area (Å²) in [6.07, 6.45) is 0.126. The van der Waals surface area contributed by atoms with E-state index in [4.69, 9.17) is 4.74 Å². The summed E-state index contributed by atoms with van der Waals surface area (Å²) in [6, 6.07) is 36.0. The lowest BCUT2D eigenvalue weighted by molar-refractivity contribution is -0.140. The molecule has 0 spiro atoms. The first kappa shape index (κ1) is 36.8. The Kier molecular flexibility index (Phi) is 12.2. The van der Waals surface area contributed by atoms with Crippen molar-refractivity contribution in [3.8, 4) is 11.5 Å². The van der Waals surface area contributed by atoms with Crippen LogP contribution in [0.3, 0.4) is 0 Å². The minimum atomic E-state index is -4.31. The number of nitrogens with zero attached hydrogens (tertiary/aromatic N) is 2. The van der Waals surface area contributed by atoms with E-state index in [1.807, 2.05) is 69.3 Å². The molecule has 0 fully saturated rings. The number of anilines is 1. The van der Waals surface area contributed by atoms with Crippen LogP contribution in [-0.2, 0) is 32.6 Å². The standard InChI is InChI=1S/C41H42FN3O5S/c1-30(2)27-43-41(47)39(26-32-12-6-4-7-13-32)44(28-33-14-10-11-17-38(33)42)40(46)29-45(51(48,49)37-24-18-31(3)19-25-37)34-20-22-36(23-21-34)50-35-15-8-5-9-16-35/h4-25,30,39H,26-29H2,1-3H3,(H,43,47)/t39-/m1/s1. The highest BCUT2D eigenvalue weighted by Crippen LogP contribution is 2.29. The third-order valence-corrected chi connectivity index (χ3v) is 10.0. The topological polar surface area (TPSA) is 96.0 Å². The van der Waals surface area contributed by atoms with Crippen molar-refractivity contribution in [1.82, 2.24) is 10.2 Å². The molecule has 5 aromatic rings. The number of benzene rings is 5. The predicted octanol–water partition coefficient (Wildman–Crippen LogP) is 7.53. The number of amides is 2. The van der Waals surface area contributed by atoms with Gasteiger partial charge in [0, 0.05) is 25.1 Å². The van der Waals surface area contributed by atoms with Gasteiger partial charge in [-0.25, -0.2) is 12.8 Å². The molecule has 8 nitrogen and oxygen atoms in total. The maximum Gasteiger partial charge on any atom is 0.264 e. The normalized spacial score (nSPS) is 11.9. The average molecular weight is 708 g/mol. The van der Waals surface area contributed by atoms with Gasteiger partial charge in [-0.1, -0.05) is 98.3 Å². The summed E-state index contributed by atoms with van der Waals surface area (Å²) in [5, 5.41) is 2.94. The first-order chi connectivity index (χ1) is 24.5. The van der Waals surface area contributed by atoms with Crippen LogP contribution in [0.15, 0.2) is 138 Å². The van der Waals surface area contributed by atoms with Crippen molar-refractivity contribution in [2.45, 2.75) is 44.7 Å². The van der Waals surface area contributed by atoms with Gasteiger partial charge in [0.2, 0.25) is 11.8 Å². The summed E-state index contributed by atoms with van der Waals surface area (Å²) < 4.78 is 50.8. The molecule has 264 valence electrons. The molecule has 0 aliphatic carbocycles. The molecule has 0 aromatic heterocycles. The van der Waals surface area contributed by atoms with Gasteiger partial charge in [-0.05, 0) is 73.0 Å². The Balaban J connectivity index is 1.56. The molecule has 0 saturated carbocycles. The summed E-state index contributed by atoms with van der Waals surface area (Å²) in [5.74, 6) is -0.448. The molecule has 0 aliphatic rings. The summed E-state index contributed by atoms with van der Waals surface area (Å²) in [6.45, 7) is 5.20. The van der Waals surface area contributed by atoms with E-state index in [0.717, 1.165) is 15.4 Å². The highest BCUT2D eigenvalue weighted by molar-refractivity contribution is 7.92. The summed E-state index contributed by atoms with van der Waals surface area (Å²) >= 11 is 0. The number of halogens is 1. The lowest BCUT2D eigenvalue weighted by Crippen LogP contribution is -2.53. The molecule has 0 heterocycles. The van der Waals surface area contributed by atoms with Crippen LogP contribution in [0.1, 0.15) is 30.5 Å². The highest BCUT2D eigenvalue weighted by atomic mass is 32.2. The lowest BCUT2D eigenvalue weighted by atomic mass is 10.0. The Labute approximate surface area is 299 Å². The highest BCUT2D eigenvalue weighted by Gasteiger charge is 2.35. The zero-order chi connectivity index (χ0) is 36.4. The van der Waals surface area contributed by atoms with Crippen LogP contribution >= 0.6 is 0 Å². The fourth-order valence-corrected chi connectivity index (χ4v) is 6.87. The van der Waals surface area contributed by atoms with E-state index in [1.54, 1.807) is 66.7 Å². The molecule has 0 aliphatic heterocycles. The zero-order valence-corrected chi connectivity index (χ0v) is 29.7. The van der Waals surface area contributed by atoms with Gasteiger partial charge in [-0.15, -0.1) is 0 Å². The second-order valence-electron chi connectivity index (χ2n) is 12.7. The number of carbonyl (C=O) groups excluding carboxylic acids is 2. The quantitative estimate of drug-likeness (QED) is 0.121. The van der Waals surface area contributed by atoms with Crippen LogP contribution in [-0.4, -0.2) is 44.3 Å². The molecule has 0 saturated heterocycles.